The molecule has 2 rings (SSSR count). The number of hydrogen-bond acceptors (Lipinski definition) is 5. The number of nitrogens with zero attached hydrogens (tertiary/aromatic N) is 2. The predicted molar refractivity (Wildman–Crippen MR) is 73.8 cm³/mol. The summed E-state index contributed by atoms with van der Waals surface area (Å²) in [6, 6.07) is 5.77. The molecular weight excluding hydrogens is 276 g/mol. The quantitative estimate of drug-likeness (QED) is 0.685. The van der Waals surface area contributed by atoms with Gasteiger partial charge >= 0.3 is 11.7 Å². The van der Waals surface area contributed by atoms with Crippen LogP contribution in [-0.4, -0.2) is 21.0 Å². The molecule has 0 radical (unpaired) electrons. The second-order valence-electron chi connectivity index (χ2n) is 4.43. The van der Waals surface area contributed by atoms with E-state index in [1.165, 1.54) is 30.5 Å². The van der Waals surface area contributed by atoms with Gasteiger partial charge in [-0.15, -0.1) is 0 Å². The smallest absolute Gasteiger partial charge is 0.335 e. The fourth-order valence-corrected chi connectivity index (χ4v) is 1.82. The summed E-state index contributed by atoms with van der Waals surface area (Å²) in [6.07, 6.45) is 1.42. The Balaban J connectivity index is 2.42. The maximum absolute atomic E-state index is 11.1. The molecule has 1 aromatic heterocycles. The Morgan fingerprint density at radius 1 is 1.29 bits per heavy atom. The number of benzene rings is 1. The fourth-order valence-electron chi connectivity index (χ4n) is 1.82. The van der Waals surface area contributed by atoms with E-state index in [0.717, 1.165) is 0 Å². The van der Waals surface area contributed by atoms with E-state index in [4.69, 9.17) is 9.84 Å². The van der Waals surface area contributed by atoms with Crippen molar-refractivity contribution in [2.75, 3.05) is 0 Å². The van der Waals surface area contributed by atoms with E-state index in [0.29, 0.717) is 16.9 Å². The van der Waals surface area contributed by atoms with E-state index in [1.54, 1.807) is 13.8 Å². The van der Waals surface area contributed by atoms with Crippen LogP contribution in [0.3, 0.4) is 0 Å². The van der Waals surface area contributed by atoms with Crippen molar-refractivity contribution in [2.45, 2.75) is 13.8 Å². The van der Waals surface area contributed by atoms with Crippen molar-refractivity contribution in [3.05, 3.63) is 57.3 Å². The second-order valence-corrected chi connectivity index (χ2v) is 4.43. The molecule has 0 bridgehead atoms. The molecule has 1 heterocycles. The molecule has 0 aliphatic heterocycles. The van der Waals surface area contributed by atoms with Crippen LogP contribution in [0.25, 0.3) is 0 Å². The lowest BCUT2D eigenvalue weighted by molar-refractivity contribution is -0.386. The Hall–Kier alpha value is -2.96. The van der Waals surface area contributed by atoms with Gasteiger partial charge in [-0.3, -0.25) is 10.1 Å². The van der Waals surface area contributed by atoms with Crippen LogP contribution in [0.5, 0.6) is 11.6 Å². The van der Waals surface area contributed by atoms with Crippen molar-refractivity contribution in [2.24, 2.45) is 0 Å². The van der Waals surface area contributed by atoms with Crippen LogP contribution >= 0.6 is 0 Å². The van der Waals surface area contributed by atoms with Crippen LogP contribution in [-0.2, 0) is 0 Å². The minimum atomic E-state index is -1.05. The zero-order valence-electron chi connectivity index (χ0n) is 11.4. The van der Waals surface area contributed by atoms with Crippen LogP contribution < -0.4 is 4.74 Å². The third-order valence-electron chi connectivity index (χ3n) is 2.90. The number of pyridine rings is 1. The summed E-state index contributed by atoms with van der Waals surface area (Å²) in [5, 5.41) is 20.0. The first-order valence-corrected chi connectivity index (χ1v) is 6.02. The van der Waals surface area contributed by atoms with Crippen molar-refractivity contribution in [1.29, 1.82) is 0 Å². The molecule has 2 aromatic rings. The van der Waals surface area contributed by atoms with E-state index < -0.39 is 10.9 Å². The van der Waals surface area contributed by atoms with Crippen molar-refractivity contribution >= 4 is 11.7 Å². The molecule has 0 aliphatic rings. The molecule has 0 amide bonds. The second kappa shape index (κ2) is 5.58. The standard InChI is InChI=1S/C14H12N2O5/c1-8-5-6-15-13(12(8)16(19)20)21-11-4-3-10(14(17)18)7-9(11)2/h3-7H,1-2H3,(H,17,18). The molecule has 0 fully saturated rings. The number of hydrogen-bond donors (Lipinski definition) is 1. The van der Waals surface area contributed by atoms with E-state index >= 15 is 0 Å². The number of aromatic nitrogens is 1. The molecule has 108 valence electrons. The SMILES string of the molecule is Cc1cc(C(=O)O)ccc1Oc1nccc(C)c1[N+](=O)[O-]. The number of rotatable bonds is 4. The van der Waals surface area contributed by atoms with Crippen molar-refractivity contribution in [1.82, 2.24) is 4.98 Å². The highest BCUT2D eigenvalue weighted by atomic mass is 16.6. The summed E-state index contributed by atoms with van der Waals surface area (Å²) in [4.78, 5) is 25.3. The normalized spacial score (nSPS) is 10.2. The number of nitro groups is 1. The molecular formula is C14H12N2O5. The van der Waals surface area contributed by atoms with E-state index in [2.05, 4.69) is 4.98 Å². The maximum atomic E-state index is 11.1. The lowest BCUT2D eigenvalue weighted by Gasteiger charge is -2.09. The van der Waals surface area contributed by atoms with Gasteiger partial charge in [0.2, 0.25) is 0 Å². The Kier molecular flexibility index (Phi) is 3.84. The van der Waals surface area contributed by atoms with Gasteiger partial charge < -0.3 is 9.84 Å². The zero-order valence-corrected chi connectivity index (χ0v) is 11.4. The van der Waals surface area contributed by atoms with Crippen molar-refractivity contribution in [3.8, 4) is 11.6 Å². The molecule has 0 spiro atoms. The molecule has 1 N–H and O–H groups in total. The average molecular weight is 288 g/mol. The average Bonchev–Trinajstić information content (AvgIpc) is 2.40. The summed E-state index contributed by atoms with van der Waals surface area (Å²) >= 11 is 0. The molecule has 7 heteroatoms. The highest BCUT2D eigenvalue weighted by Gasteiger charge is 2.21. The summed E-state index contributed by atoms with van der Waals surface area (Å²) in [7, 11) is 0. The first kappa shape index (κ1) is 14.4. The molecule has 0 aliphatic carbocycles. The summed E-state index contributed by atoms with van der Waals surface area (Å²) in [5.74, 6) is -0.850. The van der Waals surface area contributed by atoms with Crippen LogP contribution in [0.15, 0.2) is 30.5 Å². The fraction of sp³-hybridized carbons (Fsp3) is 0.143. The van der Waals surface area contributed by atoms with E-state index in [1.807, 2.05) is 0 Å². The molecule has 0 unspecified atom stereocenters. The van der Waals surface area contributed by atoms with Crippen molar-refractivity contribution < 1.29 is 19.6 Å². The first-order chi connectivity index (χ1) is 9.90. The van der Waals surface area contributed by atoms with Gasteiger partial charge in [-0.2, -0.15) is 0 Å². The lowest BCUT2D eigenvalue weighted by atomic mass is 10.1. The van der Waals surface area contributed by atoms with Gasteiger partial charge in [0, 0.05) is 11.8 Å². The molecule has 0 atom stereocenters. The van der Waals surface area contributed by atoms with Gasteiger partial charge in [0.1, 0.15) is 5.75 Å². The highest BCUT2D eigenvalue weighted by molar-refractivity contribution is 5.88. The van der Waals surface area contributed by atoms with Crippen LogP contribution in [0.4, 0.5) is 5.69 Å². The molecule has 1 aromatic carbocycles. The number of carboxylic acid groups (broad SMARTS) is 1. The minimum absolute atomic E-state index is 0.117. The predicted octanol–water partition coefficient (Wildman–Crippen LogP) is 3.10. The number of aryl methyl sites for hydroxylation is 2. The van der Waals surface area contributed by atoms with Gasteiger partial charge in [-0.1, -0.05) is 0 Å². The Labute approximate surface area is 120 Å². The first-order valence-electron chi connectivity index (χ1n) is 6.02. The summed E-state index contributed by atoms with van der Waals surface area (Å²) < 4.78 is 5.47. The third-order valence-corrected chi connectivity index (χ3v) is 2.90. The summed E-state index contributed by atoms with van der Waals surface area (Å²) in [5.41, 5.74) is 0.892. The van der Waals surface area contributed by atoms with Crippen LogP contribution in [0, 0.1) is 24.0 Å². The molecule has 0 saturated carbocycles. The number of carbonyl (C=O) groups is 1. The van der Waals surface area contributed by atoms with Crippen LogP contribution in [0.1, 0.15) is 21.5 Å². The largest absolute Gasteiger partial charge is 0.478 e. The zero-order chi connectivity index (χ0) is 15.6. The summed E-state index contributed by atoms with van der Waals surface area (Å²) in [6.45, 7) is 3.25. The van der Waals surface area contributed by atoms with Gasteiger partial charge in [0.25, 0.3) is 5.88 Å². The Morgan fingerprint density at radius 3 is 2.57 bits per heavy atom. The van der Waals surface area contributed by atoms with Gasteiger partial charge in [-0.25, -0.2) is 9.78 Å². The van der Waals surface area contributed by atoms with Crippen molar-refractivity contribution in [3.63, 3.8) is 0 Å². The number of aromatic carboxylic acids is 1. The monoisotopic (exact) mass is 288 g/mol. The number of carboxylic acids is 1. The molecule has 21 heavy (non-hydrogen) atoms. The van der Waals surface area contributed by atoms with E-state index in [9.17, 15) is 14.9 Å². The van der Waals surface area contributed by atoms with Gasteiger partial charge in [0.15, 0.2) is 0 Å². The third kappa shape index (κ3) is 2.97. The topological polar surface area (TPSA) is 103 Å². The Morgan fingerprint density at radius 2 is 2.00 bits per heavy atom. The maximum Gasteiger partial charge on any atom is 0.335 e. The van der Waals surface area contributed by atoms with E-state index in [-0.39, 0.29) is 17.1 Å². The number of ether oxygens (including phenoxy) is 1. The van der Waals surface area contributed by atoms with Crippen LogP contribution in [0.2, 0.25) is 0 Å². The lowest BCUT2D eigenvalue weighted by Crippen LogP contribution is -2.00. The minimum Gasteiger partial charge on any atom is -0.478 e. The van der Waals surface area contributed by atoms with Gasteiger partial charge in [-0.05, 0) is 43.7 Å². The Bertz CT molecular complexity index is 727. The molecule has 7 nitrogen and oxygen atoms in total. The van der Waals surface area contributed by atoms with Gasteiger partial charge in [0.05, 0.1) is 10.5 Å². The molecule has 0 saturated heterocycles. The highest BCUT2D eigenvalue weighted by Crippen LogP contribution is 2.33.